The van der Waals surface area contributed by atoms with Crippen LogP contribution >= 0.6 is 11.8 Å². The molecule has 1 N–H and O–H groups in total. The number of hydrogen-bond acceptors (Lipinski definition) is 5. The number of nitrogens with one attached hydrogen (secondary N) is 1. The van der Waals surface area contributed by atoms with Crippen LogP contribution in [0.25, 0.3) is 17.0 Å². The van der Waals surface area contributed by atoms with Gasteiger partial charge in [-0.2, -0.15) is 0 Å². The van der Waals surface area contributed by atoms with E-state index in [0.717, 1.165) is 22.0 Å². The number of pyridine rings is 1. The van der Waals surface area contributed by atoms with E-state index < -0.39 is 29.4 Å². The van der Waals surface area contributed by atoms with Gasteiger partial charge in [0.1, 0.15) is 12.4 Å². The topological polar surface area (TPSA) is 90.6 Å². The maximum absolute atomic E-state index is 13.1. The van der Waals surface area contributed by atoms with E-state index in [-0.39, 0.29) is 17.0 Å². The third-order valence-corrected chi connectivity index (χ3v) is 5.91. The molecule has 0 aliphatic carbocycles. The van der Waals surface area contributed by atoms with Crippen molar-refractivity contribution >= 4 is 45.8 Å². The van der Waals surface area contributed by atoms with E-state index in [0.29, 0.717) is 16.6 Å². The second-order valence-corrected chi connectivity index (χ2v) is 8.27. The Labute approximate surface area is 186 Å². The fourth-order valence-electron chi connectivity index (χ4n) is 3.35. The SMILES string of the molecule is CN(Cc1cc(=O)[nH]c2ccccc12)C(=O)CN1C(=O)SC(=Cc2ccc(F)cc2)C1=O. The molecule has 0 saturated carbocycles. The average molecular weight is 451 g/mol. The summed E-state index contributed by atoms with van der Waals surface area (Å²) in [6.45, 7) is -0.270. The molecule has 162 valence electrons. The number of nitrogens with zero attached hydrogens (tertiary/aromatic N) is 2. The number of fused-ring (bicyclic) bond motifs is 1. The predicted octanol–water partition coefficient (Wildman–Crippen LogP) is 3.36. The molecule has 0 atom stereocenters. The van der Waals surface area contributed by atoms with E-state index in [9.17, 15) is 23.6 Å². The fourth-order valence-corrected chi connectivity index (χ4v) is 4.19. The molecule has 1 aliphatic heterocycles. The van der Waals surface area contributed by atoms with Gasteiger partial charge < -0.3 is 9.88 Å². The zero-order chi connectivity index (χ0) is 22.8. The van der Waals surface area contributed by atoms with Gasteiger partial charge in [-0.15, -0.1) is 0 Å². The second kappa shape index (κ2) is 8.80. The molecule has 0 radical (unpaired) electrons. The highest BCUT2D eigenvalue weighted by atomic mass is 32.2. The van der Waals surface area contributed by atoms with Crippen LogP contribution in [0.5, 0.6) is 0 Å². The lowest BCUT2D eigenvalue weighted by molar-refractivity contribution is -0.135. The number of likely N-dealkylation sites (N-methyl/N-ethyl adjacent to an activating group) is 1. The van der Waals surface area contributed by atoms with Crippen LogP contribution in [-0.2, 0) is 16.1 Å². The lowest BCUT2D eigenvalue weighted by Gasteiger charge is -2.21. The summed E-state index contributed by atoms with van der Waals surface area (Å²) >= 11 is 0.731. The highest BCUT2D eigenvalue weighted by Crippen LogP contribution is 2.32. The number of carbonyl (C=O) groups is 3. The predicted molar refractivity (Wildman–Crippen MR) is 120 cm³/mol. The van der Waals surface area contributed by atoms with Crippen molar-refractivity contribution in [3.63, 3.8) is 0 Å². The number of H-pyrrole nitrogens is 1. The standard InChI is InChI=1S/C23H18FN3O4S/c1-26(12-15-11-20(28)25-18-5-3-2-4-17(15)18)21(29)13-27-22(30)19(32-23(27)31)10-14-6-8-16(24)9-7-14/h2-11H,12-13H2,1H3,(H,25,28). The van der Waals surface area contributed by atoms with E-state index in [1.54, 1.807) is 19.2 Å². The molecule has 7 nitrogen and oxygen atoms in total. The van der Waals surface area contributed by atoms with Gasteiger partial charge in [-0.05, 0) is 47.2 Å². The van der Waals surface area contributed by atoms with E-state index in [1.807, 2.05) is 12.1 Å². The van der Waals surface area contributed by atoms with Crippen LogP contribution in [0.1, 0.15) is 11.1 Å². The minimum absolute atomic E-state index is 0.144. The lowest BCUT2D eigenvalue weighted by atomic mass is 10.1. The molecule has 1 aromatic heterocycles. The van der Waals surface area contributed by atoms with Gasteiger partial charge in [-0.3, -0.25) is 24.1 Å². The Morgan fingerprint density at radius 3 is 2.59 bits per heavy atom. The smallest absolute Gasteiger partial charge is 0.294 e. The number of benzene rings is 2. The number of aromatic amines is 1. The van der Waals surface area contributed by atoms with Gasteiger partial charge in [0.25, 0.3) is 11.1 Å². The monoisotopic (exact) mass is 451 g/mol. The van der Waals surface area contributed by atoms with Gasteiger partial charge in [-0.25, -0.2) is 4.39 Å². The molecule has 32 heavy (non-hydrogen) atoms. The third-order valence-electron chi connectivity index (χ3n) is 5.00. The first-order chi connectivity index (χ1) is 15.3. The average Bonchev–Trinajstić information content (AvgIpc) is 3.02. The summed E-state index contributed by atoms with van der Waals surface area (Å²) < 4.78 is 13.1. The van der Waals surface area contributed by atoms with Crippen molar-refractivity contribution in [3.8, 4) is 0 Å². The summed E-state index contributed by atoms with van der Waals surface area (Å²) in [7, 11) is 1.55. The molecule has 1 saturated heterocycles. The molecule has 2 heterocycles. The van der Waals surface area contributed by atoms with Gasteiger partial charge in [-0.1, -0.05) is 30.3 Å². The van der Waals surface area contributed by atoms with Crippen molar-refractivity contribution in [2.75, 3.05) is 13.6 Å². The highest BCUT2D eigenvalue weighted by molar-refractivity contribution is 8.18. The van der Waals surface area contributed by atoms with Crippen molar-refractivity contribution in [3.05, 3.63) is 86.8 Å². The molecule has 1 aliphatic rings. The molecule has 3 amide bonds. The number of amides is 3. The molecule has 9 heteroatoms. The Hall–Kier alpha value is -3.72. The number of rotatable bonds is 5. The van der Waals surface area contributed by atoms with E-state index in [4.69, 9.17) is 0 Å². The quantitative estimate of drug-likeness (QED) is 0.601. The molecule has 0 unspecified atom stereocenters. The summed E-state index contributed by atoms with van der Waals surface area (Å²) in [6, 6.07) is 14.2. The van der Waals surface area contributed by atoms with Crippen LogP contribution < -0.4 is 5.56 Å². The Morgan fingerprint density at radius 1 is 1.12 bits per heavy atom. The van der Waals surface area contributed by atoms with Crippen LogP contribution in [0, 0.1) is 5.82 Å². The van der Waals surface area contributed by atoms with Gasteiger partial charge in [0.15, 0.2) is 0 Å². The molecule has 0 spiro atoms. The first-order valence-corrected chi connectivity index (χ1v) is 10.5. The molecule has 0 bridgehead atoms. The maximum atomic E-state index is 13.1. The molecule has 2 aromatic carbocycles. The largest absolute Gasteiger partial charge is 0.340 e. The van der Waals surface area contributed by atoms with Crippen LogP contribution in [0.2, 0.25) is 0 Å². The van der Waals surface area contributed by atoms with Crippen LogP contribution in [0.3, 0.4) is 0 Å². The van der Waals surface area contributed by atoms with Crippen LogP contribution in [0.15, 0.2) is 64.3 Å². The maximum Gasteiger partial charge on any atom is 0.294 e. The number of carbonyl (C=O) groups excluding carboxylic acids is 3. The number of aromatic nitrogens is 1. The van der Waals surface area contributed by atoms with E-state index in [2.05, 4.69) is 4.98 Å². The molecule has 3 aromatic rings. The minimum Gasteiger partial charge on any atom is -0.340 e. The Bertz CT molecular complexity index is 1320. The number of thioether (sulfide) groups is 1. The number of hydrogen-bond donors (Lipinski definition) is 1. The number of imide groups is 1. The van der Waals surface area contributed by atoms with Gasteiger partial charge >= 0.3 is 0 Å². The summed E-state index contributed by atoms with van der Waals surface area (Å²) in [5.41, 5.74) is 1.61. The van der Waals surface area contributed by atoms with Crippen molar-refractivity contribution in [1.82, 2.24) is 14.8 Å². The van der Waals surface area contributed by atoms with Crippen LogP contribution in [0.4, 0.5) is 9.18 Å². The number of para-hydroxylation sites is 1. The van der Waals surface area contributed by atoms with E-state index >= 15 is 0 Å². The molecule has 4 rings (SSSR count). The second-order valence-electron chi connectivity index (χ2n) is 7.27. The lowest BCUT2D eigenvalue weighted by Crippen LogP contribution is -2.40. The highest BCUT2D eigenvalue weighted by Gasteiger charge is 2.36. The van der Waals surface area contributed by atoms with Crippen molar-refractivity contribution in [2.24, 2.45) is 0 Å². The third kappa shape index (κ3) is 4.47. The summed E-state index contributed by atoms with van der Waals surface area (Å²) in [5, 5.41) is 0.256. The first-order valence-electron chi connectivity index (χ1n) is 9.67. The Balaban J connectivity index is 1.48. The van der Waals surface area contributed by atoms with E-state index in [1.165, 1.54) is 41.3 Å². The first kappa shape index (κ1) is 21.5. The Kier molecular flexibility index (Phi) is 5.91. The minimum atomic E-state index is -0.576. The summed E-state index contributed by atoms with van der Waals surface area (Å²) in [6.07, 6.45) is 1.49. The number of halogens is 1. The molecule has 1 fully saturated rings. The zero-order valence-electron chi connectivity index (χ0n) is 17.0. The summed E-state index contributed by atoms with van der Waals surface area (Å²) in [5.74, 6) is -1.43. The summed E-state index contributed by atoms with van der Waals surface area (Å²) in [4.78, 5) is 54.8. The van der Waals surface area contributed by atoms with Crippen molar-refractivity contribution in [1.29, 1.82) is 0 Å². The van der Waals surface area contributed by atoms with Gasteiger partial charge in [0.05, 0.1) is 4.91 Å². The van der Waals surface area contributed by atoms with Gasteiger partial charge in [0, 0.05) is 30.6 Å². The normalized spacial score (nSPS) is 15.1. The zero-order valence-corrected chi connectivity index (χ0v) is 17.8. The molecular weight excluding hydrogens is 433 g/mol. The van der Waals surface area contributed by atoms with Crippen molar-refractivity contribution in [2.45, 2.75) is 6.54 Å². The molecular formula is C23H18FN3O4S. The van der Waals surface area contributed by atoms with Crippen LogP contribution in [-0.4, -0.2) is 45.4 Å². The fraction of sp³-hybridized carbons (Fsp3) is 0.130. The van der Waals surface area contributed by atoms with Crippen molar-refractivity contribution < 1.29 is 18.8 Å². The van der Waals surface area contributed by atoms with Gasteiger partial charge in [0.2, 0.25) is 11.5 Å². The Morgan fingerprint density at radius 2 is 1.84 bits per heavy atom.